The first-order valence-electron chi connectivity index (χ1n) is 6.20. The third-order valence-corrected chi connectivity index (χ3v) is 3.48. The van der Waals surface area contributed by atoms with Crippen LogP contribution >= 0.6 is 11.6 Å². The van der Waals surface area contributed by atoms with Crippen LogP contribution in [0.4, 0.5) is 10.5 Å². The minimum absolute atomic E-state index is 0.172. The van der Waals surface area contributed by atoms with Crippen molar-refractivity contribution in [2.75, 3.05) is 39.0 Å². The molecule has 1 fully saturated rings. The van der Waals surface area contributed by atoms with E-state index in [1.165, 1.54) is 7.11 Å². The summed E-state index contributed by atoms with van der Waals surface area (Å²) < 4.78 is 4.65. The maximum atomic E-state index is 12.4. The van der Waals surface area contributed by atoms with Crippen LogP contribution in [0.5, 0.6) is 0 Å². The van der Waals surface area contributed by atoms with Crippen LogP contribution in [-0.2, 0) is 4.74 Å². The fraction of sp³-hybridized carbons (Fsp3) is 0.385. The van der Waals surface area contributed by atoms with Gasteiger partial charge in [0.2, 0.25) is 0 Å². The van der Waals surface area contributed by atoms with Crippen LogP contribution in [0.2, 0.25) is 5.02 Å². The summed E-state index contributed by atoms with van der Waals surface area (Å²) in [7, 11) is 1.34. The molecule has 2 amide bonds. The highest BCUT2D eigenvalue weighted by atomic mass is 35.5. The van der Waals surface area contributed by atoms with Crippen molar-refractivity contribution in [2.45, 2.75) is 0 Å². The van der Waals surface area contributed by atoms with Gasteiger partial charge in [0, 0.05) is 36.9 Å². The van der Waals surface area contributed by atoms with Gasteiger partial charge in [-0.3, -0.25) is 4.79 Å². The number of ether oxygens (including phenoxy) is 1. The smallest absolute Gasteiger partial charge is 0.409 e. The summed E-state index contributed by atoms with van der Waals surface area (Å²) in [6, 6.07) is 4.81. The highest BCUT2D eigenvalue weighted by molar-refractivity contribution is 6.31. The molecule has 1 saturated heterocycles. The lowest BCUT2D eigenvalue weighted by Gasteiger charge is -2.34. The van der Waals surface area contributed by atoms with E-state index in [1.807, 2.05) is 0 Å². The molecular weight excluding hydrogens is 282 g/mol. The summed E-state index contributed by atoms with van der Waals surface area (Å²) in [4.78, 5) is 27.0. The molecule has 0 bridgehead atoms. The fourth-order valence-electron chi connectivity index (χ4n) is 2.11. The van der Waals surface area contributed by atoms with Gasteiger partial charge in [-0.2, -0.15) is 0 Å². The first-order chi connectivity index (χ1) is 9.52. The van der Waals surface area contributed by atoms with Crippen LogP contribution in [0.3, 0.4) is 0 Å². The Balaban J connectivity index is 2.05. The lowest BCUT2D eigenvalue weighted by molar-refractivity contribution is 0.0600. The predicted molar refractivity (Wildman–Crippen MR) is 75.7 cm³/mol. The van der Waals surface area contributed by atoms with Gasteiger partial charge in [0.05, 0.1) is 12.7 Å². The van der Waals surface area contributed by atoms with Crippen LogP contribution in [0.1, 0.15) is 10.4 Å². The predicted octanol–water partition coefficient (Wildman–Crippen LogP) is 1.45. The van der Waals surface area contributed by atoms with Crippen LogP contribution < -0.4 is 5.73 Å². The topological polar surface area (TPSA) is 75.9 Å². The average molecular weight is 298 g/mol. The molecule has 6 nitrogen and oxygen atoms in total. The van der Waals surface area contributed by atoms with Gasteiger partial charge in [-0.1, -0.05) is 11.6 Å². The number of halogens is 1. The normalized spacial score (nSPS) is 15.1. The number of carbonyl (C=O) groups excluding carboxylic acids is 2. The molecule has 0 aliphatic carbocycles. The number of nitrogens with zero attached hydrogens (tertiary/aromatic N) is 2. The Labute approximate surface area is 122 Å². The first kappa shape index (κ1) is 14.5. The summed E-state index contributed by atoms with van der Waals surface area (Å²) in [5.41, 5.74) is 6.59. The second-order valence-corrected chi connectivity index (χ2v) is 4.92. The molecule has 0 saturated carbocycles. The van der Waals surface area contributed by atoms with Crippen molar-refractivity contribution in [3.8, 4) is 0 Å². The van der Waals surface area contributed by atoms with Crippen LogP contribution in [0, 0.1) is 0 Å². The number of nitrogens with two attached hydrogens (primary N) is 1. The Morgan fingerprint density at radius 3 is 2.40 bits per heavy atom. The molecule has 1 aliphatic heterocycles. The molecule has 0 spiro atoms. The maximum absolute atomic E-state index is 12.4. The number of amides is 2. The Morgan fingerprint density at radius 2 is 1.80 bits per heavy atom. The number of rotatable bonds is 1. The number of nitrogen functional groups attached to an aromatic ring is 1. The molecule has 20 heavy (non-hydrogen) atoms. The molecule has 108 valence electrons. The van der Waals surface area contributed by atoms with E-state index in [-0.39, 0.29) is 12.0 Å². The third kappa shape index (κ3) is 2.96. The number of piperazine rings is 1. The Hall–Kier alpha value is -1.95. The van der Waals surface area contributed by atoms with Gasteiger partial charge in [-0.15, -0.1) is 0 Å². The van der Waals surface area contributed by atoms with Crippen molar-refractivity contribution in [2.24, 2.45) is 0 Å². The van der Waals surface area contributed by atoms with Crippen molar-refractivity contribution in [1.82, 2.24) is 9.80 Å². The Morgan fingerprint density at radius 1 is 1.20 bits per heavy atom. The van der Waals surface area contributed by atoms with E-state index in [1.54, 1.807) is 28.0 Å². The van der Waals surface area contributed by atoms with Gasteiger partial charge in [0.25, 0.3) is 5.91 Å². The van der Waals surface area contributed by atoms with Gasteiger partial charge in [-0.05, 0) is 18.2 Å². The molecular formula is C13H16ClN3O3. The summed E-state index contributed by atoms with van der Waals surface area (Å²) in [5.74, 6) is -0.172. The van der Waals surface area contributed by atoms with E-state index >= 15 is 0 Å². The lowest BCUT2D eigenvalue weighted by atomic mass is 10.1. The van der Waals surface area contributed by atoms with Crippen LogP contribution in [-0.4, -0.2) is 55.1 Å². The van der Waals surface area contributed by atoms with Crippen molar-refractivity contribution in [1.29, 1.82) is 0 Å². The zero-order valence-electron chi connectivity index (χ0n) is 11.1. The zero-order valence-corrected chi connectivity index (χ0v) is 11.9. The van der Waals surface area contributed by atoms with Gasteiger partial charge in [0.1, 0.15) is 0 Å². The van der Waals surface area contributed by atoms with E-state index in [4.69, 9.17) is 17.3 Å². The van der Waals surface area contributed by atoms with E-state index < -0.39 is 0 Å². The molecule has 0 aromatic heterocycles. The fourth-order valence-corrected chi connectivity index (χ4v) is 2.28. The number of hydrogen-bond donors (Lipinski definition) is 1. The van der Waals surface area contributed by atoms with Crippen LogP contribution in [0.15, 0.2) is 18.2 Å². The molecule has 2 N–H and O–H groups in total. The van der Waals surface area contributed by atoms with E-state index in [0.717, 1.165) is 0 Å². The quantitative estimate of drug-likeness (QED) is 0.796. The number of carbonyl (C=O) groups is 2. The molecule has 1 aromatic carbocycles. The number of benzene rings is 1. The zero-order chi connectivity index (χ0) is 14.7. The van der Waals surface area contributed by atoms with Crippen molar-refractivity contribution < 1.29 is 14.3 Å². The molecule has 0 unspecified atom stereocenters. The minimum Gasteiger partial charge on any atom is -0.453 e. The average Bonchev–Trinajstić information content (AvgIpc) is 2.48. The molecule has 1 aliphatic rings. The number of methoxy groups -OCH3 is 1. The second kappa shape index (κ2) is 6.00. The Bertz CT molecular complexity index is 528. The SMILES string of the molecule is COC(=O)N1CCN(C(=O)c2cc(Cl)ccc2N)CC1. The molecule has 2 rings (SSSR count). The summed E-state index contributed by atoms with van der Waals surface area (Å²) in [6.45, 7) is 1.78. The van der Waals surface area contributed by atoms with Gasteiger partial charge in [-0.25, -0.2) is 4.79 Å². The molecule has 1 heterocycles. The van der Waals surface area contributed by atoms with Crippen LogP contribution in [0.25, 0.3) is 0 Å². The molecule has 7 heteroatoms. The molecule has 0 atom stereocenters. The summed E-state index contributed by atoms with van der Waals surface area (Å²) in [6.07, 6.45) is -0.376. The number of anilines is 1. The molecule has 1 aromatic rings. The standard InChI is InChI=1S/C13H16ClN3O3/c1-20-13(19)17-6-4-16(5-7-17)12(18)10-8-9(14)2-3-11(10)15/h2-3,8H,4-7,15H2,1H3. The number of hydrogen-bond acceptors (Lipinski definition) is 4. The third-order valence-electron chi connectivity index (χ3n) is 3.25. The highest BCUT2D eigenvalue weighted by Gasteiger charge is 2.26. The second-order valence-electron chi connectivity index (χ2n) is 4.48. The highest BCUT2D eigenvalue weighted by Crippen LogP contribution is 2.20. The van der Waals surface area contributed by atoms with Gasteiger partial charge < -0.3 is 20.3 Å². The van der Waals surface area contributed by atoms with Crippen molar-refractivity contribution in [3.63, 3.8) is 0 Å². The summed E-state index contributed by atoms with van der Waals surface area (Å²) >= 11 is 5.89. The van der Waals surface area contributed by atoms with E-state index in [9.17, 15) is 9.59 Å². The summed E-state index contributed by atoms with van der Waals surface area (Å²) in [5, 5.41) is 0.468. The minimum atomic E-state index is -0.376. The monoisotopic (exact) mass is 297 g/mol. The first-order valence-corrected chi connectivity index (χ1v) is 6.58. The van der Waals surface area contributed by atoms with Crippen molar-refractivity contribution >= 4 is 29.3 Å². The van der Waals surface area contributed by atoms with E-state index in [0.29, 0.717) is 42.5 Å². The largest absolute Gasteiger partial charge is 0.453 e. The van der Waals surface area contributed by atoms with Gasteiger partial charge in [0.15, 0.2) is 0 Å². The Kier molecular flexibility index (Phi) is 4.34. The maximum Gasteiger partial charge on any atom is 0.409 e. The molecule has 0 radical (unpaired) electrons. The lowest BCUT2D eigenvalue weighted by Crippen LogP contribution is -2.50. The van der Waals surface area contributed by atoms with E-state index in [2.05, 4.69) is 4.74 Å². The van der Waals surface area contributed by atoms with Crippen molar-refractivity contribution in [3.05, 3.63) is 28.8 Å². The van der Waals surface area contributed by atoms with Gasteiger partial charge >= 0.3 is 6.09 Å².